The van der Waals surface area contributed by atoms with E-state index in [1.165, 1.54) is 21.0 Å². The van der Waals surface area contributed by atoms with Crippen LogP contribution in [0.3, 0.4) is 0 Å². The first-order valence-electron chi connectivity index (χ1n) is 23.6. The Bertz CT molecular complexity index is 2350. The van der Waals surface area contributed by atoms with Crippen molar-refractivity contribution in [3.63, 3.8) is 0 Å². The number of aromatic amines is 1. The Kier molecular flexibility index (Phi) is 18.0. The average molecular weight is 1020 g/mol. The Balaban J connectivity index is 0.778. The summed E-state index contributed by atoms with van der Waals surface area (Å²) in [4.78, 5) is 139. The van der Waals surface area contributed by atoms with E-state index < -0.39 is 47.4 Å². The predicted octanol–water partition coefficient (Wildman–Crippen LogP) is -1.75. The number of thiocarbonyl (C=S) groups is 1. The zero-order chi connectivity index (χ0) is 50.4. The molecule has 24 nitrogen and oxygen atoms in total. The average Bonchev–Trinajstić information content (AvgIpc) is 4.18. The number of carbonyl (C=O) groups excluding carboxylic acids is 10. The standard InChI is InChI=1S/C45H58N14O10S2/c60-34(6-3-13-59-37(63)11-12-38(59)64)47-24-36(62)48-25-39(65)55-14-16-57(17-15-55)42(67)43(68)58-20-18-56(19-21-58)41(66)31(22-30-23-46-27-49-30)53-45(70)51-29-9-7-28(8-10-29)50-35(61)5-2-1-4-33-40-32(26-71-33)52-44(69)54-40/h7-12,23,27,31-33,40H,1-6,13-22,24-26H2,(H,46,49)(H,47,60)(H,48,62)(H,50,61)(H2,51,53,70)(H2,52,54,69)/t31-,32-,33-,40-/m0/s1. The van der Waals surface area contributed by atoms with Gasteiger partial charge in [0.1, 0.15) is 6.04 Å². The molecule has 71 heavy (non-hydrogen) atoms. The van der Waals surface area contributed by atoms with E-state index in [1.807, 2.05) is 11.8 Å². The predicted molar refractivity (Wildman–Crippen MR) is 262 cm³/mol. The fourth-order valence-electron chi connectivity index (χ4n) is 8.72. The number of hydrogen-bond donors (Lipinski definition) is 8. The van der Waals surface area contributed by atoms with Gasteiger partial charge < -0.3 is 61.8 Å². The second-order valence-electron chi connectivity index (χ2n) is 17.5. The molecule has 4 fully saturated rings. The molecule has 2 aromatic rings. The van der Waals surface area contributed by atoms with Crippen molar-refractivity contribution in [2.24, 2.45) is 0 Å². The molecule has 6 heterocycles. The van der Waals surface area contributed by atoms with Gasteiger partial charge >= 0.3 is 17.8 Å². The summed E-state index contributed by atoms with van der Waals surface area (Å²) >= 11 is 7.47. The molecule has 0 spiro atoms. The van der Waals surface area contributed by atoms with Crippen molar-refractivity contribution in [3.05, 3.63) is 54.6 Å². The highest BCUT2D eigenvalue weighted by atomic mass is 32.2. The molecule has 0 radical (unpaired) electrons. The van der Waals surface area contributed by atoms with E-state index in [1.54, 1.807) is 35.4 Å². The van der Waals surface area contributed by atoms with Crippen molar-refractivity contribution in [1.82, 2.24) is 61.1 Å². The zero-order valence-corrected chi connectivity index (χ0v) is 40.6. The van der Waals surface area contributed by atoms with E-state index in [9.17, 15) is 47.9 Å². The van der Waals surface area contributed by atoms with Gasteiger partial charge in [-0.05, 0) is 55.7 Å². The van der Waals surface area contributed by atoms with E-state index >= 15 is 0 Å². The van der Waals surface area contributed by atoms with E-state index in [-0.39, 0.29) is 126 Å². The van der Waals surface area contributed by atoms with Crippen molar-refractivity contribution in [1.29, 1.82) is 0 Å². The topological polar surface area (TPSA) is 300 Å². The van der Waals surface area contributed by atoms with Gasteiger partial charge in [0.2, 0.25) is 29.5 Å². The number of anilines is 2. The monoisotopic (exact) mass is 1020 g/mol. The number of H-pyrrole nitrogens is 1. The van der Waals surface area contributed by atoms with Gasteiger partial charge in [0.05, 0.1) is 31.5 Å². The van der Waals surface area contributed by atoms with Crippen LogP contribution in [-0.2, 0) is 49.6 Å². The van der Waals surface area contributed by atoms with Crippen LogP contribution in [0, 0.1) is 0 Å². The third-order valence-electron chi connectivity index (χ3n) is 12.6. The smallest absolute Gasteiger partial charge is 0.315 e. The molecule has 380 valence electrons. The highest BCUT2D eigenvalue weighted by Gasteiger charge is 2.42. The van der Waals surface area contributed by atoms with E-state index in [0.717, 1.165) is 42.1 Å². The van der Waals surface area contributed by atoms with Crippen LogP contribution in [0.25, 0.3) is 0 Å². The normalized spacial score (nSPS) is 19.9. The van der Waals surface area contributed by atoms with Crippen molar-refractivity contribution < 1.29 is 47.9 Å². The Morgan fingerprint density at radius 2 is 1.32 bits per heavy atom. The van der Waals surface area contributed by atoms with E-state index in [4.69, 9.17) is 12.2 Å². The molecular formula is C45H58N14O10S2. The molecule has 0 unspecified atom stereocenters. The number of fused-ring (bicyclic) bond motifs is 1. The number of rotatable bonds is 19. The molecule has 0 saturated carbocycles. The third kappa shape index (κ3) is 14.5. The molecule has 26 heteroatoms. The maximum Gasteiger partial charge on any atom is 0.315 e. The highest BCUT2D eigenvalue weighted by Crippen LogP contribution is 2.33. The summed E-state index contributed by atoms with van der Waals surface area (Å²) in [5.41, 5.74) is 1.94. The molecule has 7 rings (SSSR count). The number of amides is 11. The van der Waals surface area contributed by atoms with Crippen LogP contribution in [0.4, 0.5) is 16.2 Å². The SMILES string of the molecule is O=C(CCCN1C(=O)C=CC1=O)NCC(=O)NCC(=O)N1CCN(C(=O)C(=O)N2CCN(C(=O)[C@H](Cc3cnc[nH]3)NC(=S)Nc3ccc(NC(=O)CCCC[C@@H]4SC[C@@H]5NC(=O)N[C@@H]54)cc3)CC2)CC1. The largest absolute Gasteiger partial charge is 0.350 e. The lowest BCUT2D eigenvalue weighted by Gasteiger charge is -2.38. The summed E-state index contributed by atoms with van der Waals surface area (Å²) in [5.74, 6) is -3.22. The Labute approximate surface area is 418 Å². The maximum absolute atomic E-state index is 14.0. The highest BCUT2D eigenvalue weighted by molar-refractivity contribution is 8.00. The van der Waals surface area contributed by atoms with Crippen LogP contribution >= 0.6 is 24.0 Å². The number of imide groups is 1. The quantitative estimate of drug-likeness (QED) is 0.0255. The van der Waals surface area contributed by atoms with Gasteiger partial charge in [0.15, 0.2) is 5.11 Å². The molecule has 5 aliphatic heterocycles. The number of aromatic nitrogens is 2. The van der Waals surface area contributed by atoms with Gasteiger partial charge in [-0.15, -0.1) is 0 Å². The van der Waals surface area contributed by atoms with Gasteiger partial charge in [-0.2, -0.15) is 11.8 Å². The number of thioether (sulfide) groups is 1. The maximum atomic E-state index is 14.0. The van der Waals surface area contributed by atoms with Crippen LogP contribution in [0.15, 0.2) is 48.9 Å². The van der Waals surface area contributed by atoms with Gasteiger partial charge in [0.25, 0.3) is 11.8 Å². The summed E-state index contributed by atoms with van der Waals surface area (Å²) in [6.07, 6.45) is 8.79. The summed E-state index contributed by atoms with van der Waals surface area (Å²) in [6.45, 7) is 0.427. The minimum absolute atomic E-state index is 0.0128. The Morgan fingerprint density at radius 3 is 1.97 bits per heavy atom. The number of imidazole rings is 1. The second-order valence-corrected chi connectivity index (χ2v) is 19.2. The molecule has 11 amide bonds. The minimum Gasteiger partial charge on any atom is -0.350 e. The summed E-state index contributed by atoms with van der Waals surface area (Å²) in [5, 5.41) is 20.5. The first kappa shape index (κ1) is 51.8. The van der Waals surface area contributed by atoms with E-state index in [2.05, 4.69) is 47.2 Å². The molecule has 5 aliphatic rings. The summed E-state index contributed by atoms with van der Waals surface area (Å²) < 4.78 is 0. The van der Waals surface area contributed by atoms with Crippen molar-refractivity contribution in [3.8, 4) is 0 Å². The first-order chi connectivity index (χ1) is 34.2. The molecule has 0 bridgehead atoms. The van der Waals surface area contributed by atoms with Gasteiger partial charge in [-0.25, -0.2) is 9.78 Å². The van der Waals surface area contributed by atoms with Crippen molar-refractivity contribution >= 4 is 99.7 Å². The number of urea groups is 1. The van der Waals surface area contributed by atoms with Crippen LogP contribution < -0.4 is 37.2 Å². The lowest BCUT2D eigenvalue weighted by molar-refractivity contribution is -0.155. The van der Waals surface area contributed by atoms with Crippen LogP contribution in [0.1, 0.15) is 44.2 Å². The van der Waals surface area contributed by atoms with Gasteiger partial charge in [-0.1, -0.05) is 6.42 Å². The first-order valence-corrected chi connectivity index (χ1v) is 25.0. The molecule has 0 aliphatic carbocycles. The summed E-state index contributed by atoms with van der Waals surface area (Å²) in [6, 6.07) is 6.44. The van der Waals surface area contributed by atoms with Crippen molar-refractivity contribution in [2.75, 3.05) is 88.4 Å². The fourth-order valence-corrected chi connectivity index (χ4v) is 10.5. The lowest BCUT2D eigenvalue weighted by atomic mass is 10.0. The number of nitrogens with one attached hydrogen (secondary N) is 8. The van der Waals surface area contributed by atoms with Gasteiger partial charge in [-0.3, -0.25) is 48.1 Å². The fraction of sp³-hybridized carbons (Fsp3) is 0.511. The van der Waals surface area contributed by atoms with Crippen LogP contribution in [0.2, 0.25) is 0 Å². The number of hydrogen-bond acceptors (Lipinski definition) is 13. The molecule has 4 atom stereocenters. The lowest BCUT2D eigenvalue weighted by Crippen LogP contribution is -2.59. The Morgan fingerprint density at radius 1 is 0.718 bits per heavy atom. The van der Waals surface area contributed by atoms with Crippen LogP contribution in [0.5, 0.6) is 0 Å². The molecule has 4 saturated heterocycles. The number of carbonyl (C=O) groups is 10. The number of nitrogens with zero attached hydrogens (tertiary/aromatic N) is 6. The number of unbranched alkanes of at least 4 members (excludes halogenated alkanes) is 1. The molecule has 1 aromatic heterocycles. The third-order valence-corrected chi connectivity index (χ3v) is 14.4. The zero-order valence-electron chi connectivity index (χ0n) is 38.9. The van der Waals surface area contributed by atoms with Crippen LogP contribution in [-0.4, -0.2) is 200 Å². The number of benzene rings is 1. The minimum atomic E-state index is -0.809. The molecule has 1 aromatic carbocycles. The molecule has 8 N–H and O–H groups in total. The van der Waals surface area contributed by atoms with E-state index in [0.29, 0.717) is 28.7 Å². The Hall–Kier alpha value is -7.09. The van der Waals surface area contributed by atoms with Gasteiger partial charge in [0, 0.05) is 125 Å². The second kappa shape index (κ2) is 24.6. The van der Waals surface area contributed by atoms with Crippen molar-refractivity contribution in [2.45, 2.75) is 68.3 Å². The number of piperazine rings is 2. The molecular weight excluding hydrogens is 961 g/mol. The summed E-state index contributed by atoms with van der Waals surface area (Å²) in [7, 11) is 0.